The summed E-state index contributed by atoms with van der Waals surface area (Å²) in [5.41, 5.74) is 9.61. The molecule has 2 N–H and O–H groups in total. The largest absolute Gasteiger partial charge is 0.491 e. The third-order valence-corrected chi connectivity index (χ3v) is 7.29. The zero-order valence-electron chi connectivity index (χ0n) is 19.2. The summed E-state index contributed by atoms with van der Waals surface area (Å²) in [6, 6.07) is 16.9. The molecule has 2 aromatic heterocycles. The van der Waals surface area contributed by atoms with Crippen LogP contribution >= 0.6 is 34.7 Å². The van der Waals surface area contributed by atoms with Crippen LogP contribution in [0.3, 0.4) is 0 Å². The van der Waals surface area contributed by atoms with Gasteiger partial charge in [-0.1, -0.05) is 47.6 Å². The Bertz CT molecular complexity index is 1440. The summed E-state index contributed by atoms with van der Waals surface area (Å²) in [6.07, 6.45) is 0. The van der Waals surface area contributed by atoms with Gasteiger partial charge in [-0.15, -0.1) is 11.3 Å². The van der Waals surface area contributed by atoms with Crippen LogP contribution in [0.15, 0.2) is 58.9 Å². The predicted molar refractivity (Wildman–Crippen MR) is 145 cm³/mol. The van der Waals surface area contributed by atoms with Gasteiger partial charge >= 0.3 is 0 Å². The highest BCUT2D eigenvalue weighted by atomic mass is 35.5. The van der Waals surface area contributed by atoms with E-state index in [4.69, 9.17) is 38.4 Å². The minimum Gasteiger partial charge on any atom is -0.491 e. The van der Waals surface area contributed by atoms with Crippen molar-refractivity contribution in [1.82, 2.24) is 9.97 Å². The first kappa shape index (κ1) is 25.5. The van der Waals surface area contributed by atoms with E-state index in [0.29, 0.717) is 51.5 Å². The van der Waals surface area contributed by atoms with E-state index in [2.05, 4.69) is 15.9 Å². The van der Waals surface area contributed by atoms with Crippen molar-refractivity contribution in [3.05, 3.63) is 81.6 Å². The third-order valence-electron chi connectivity index (χ3n) is 5.09. The molecule has 0 aliphatic rings. The van der Waals surface area contributed by atoms with Gasteiger partial charge in [0, 0.05) is 34.4 Å². The fourth-order valence-electron chi connectivity index (χ4n) is 3.38. The Morgan fingerprint density at radius 3 is 2.50 bits per heavy atom. The number of thioether (sulfide) groups is 1. The SMILES string of the molecule is [C-]#[N+]c1c(N)nc(SCc2csc(-c3ccc(Cl)cc3)n2)c(C#N)c1-c1ccc(OCCOC)cc1. The highest BCUT2D eigenvalue weighted by Crippen LogP contribution is 2.42. The number of thiazole rings is 1. The number of hydrogen-bond acceptors (Lipinski definition) is 8. The number of anilines is 1. The van der Waals surface area contributed by atoms with Gasteiger partial charge in [0.05, 0.1) is 24.4 Å². The van der Waals surface area contributed by atoms with E-state index in [0.717, 1.165) is 16.3 Å². The molecule has 0 amide bonds. The van der Waals surface area contributed by atoms with Crippen molar-refractivity contribution >= 4 is 46.2 Å². The molecule has 0 fully saturated rings. The molecule has 0 aliphatic carbocycles. The van der Waals surface area contributed by atoms with E-state index in [1.807, 2.05) is 29.6 Å². The number of nitrogens with two attached hydrogens (primary N) is 1. The van der Waals surface area contributed by atoms with Crippen LogP contribution in [-0.4, -0.2) is 30.3 Å². The lowest BCUT2D eigenvalue weighted by molar-refractivity contribution is 0.146. The lowest BCUT2D eigenvalue weighted by Crippen LogP contribution is -2.04. The lowest BCUT2D eigenvalue weighted by Gasteiger charge is -2.13. The molecule has 2 aromatic carbocycles. The van der Waals surface area contributed by atoms with E-state index < -0.39 is 0 Å². The maximum absolute atomic E-state index is 10.0. The molecule has 0 spiro atoms. The molecule has 0 aliphatic heterocycles. The number of halogens is 1. The van der Waals surface area contributed by atoms with Gasteiger partial charge in [-0.25, -0.2) is 14.8 Å². The second kappa shape index (κ2) is 11.9. The first-order chi connectivity index (χ1) is 17.5. The minimum absolute atomic E-state index is 0.0852. The second-order valence-electron chi connectivity index (χ2n) is 7.43. The summed E-state index contributed by atoms with van der Waals surface area (Å²) in [5, 5.41) is 14.0. The highest BCUT2D eigenvalue weighted by molar-refractivity contribution is 7.98. The fraction of sp³-hybridized carbons (Fsp3) is 0.154. The van der Waals surface area contributed by atoms with Crippen molar-refractivity contribution in [2.75, 3.05) is 26.1 Å². The number of nitriles is 1. The molecule has 0 bridgehead atoms. The molecular formula is C26H20ClN5O2S2. The number of methoxy groups -OCH3 is 1. The molecule has 0 radical (unpaired) electrons. The van der Waals surface area contributed by atoms with Crippen LogP contribution in [0.25, 0.3) is 26.5 Å². The molecule has 0 saturated heterocycles. The van der Waals surface area contributed by atoms with Crippen molar-refractivity contribution in [1.29, 1.82) is 5.26 Å². The van der Waals surface area contributed by atoms with Gasteiger partial charge in [0.15, 0.2) is 0 Å². The Morgan fingerprint density at radius 1 is 1.11 bits per heavy atom. The topological polar surface area (TPSA) is 98.4 Å². The molecule has 2 heterocycles. The Kier molecular flexibility index (Phi) is 8.42. The lowest BCUT2D eigenvalue weighted by atomic mass is 10.00. The Balaban J connectivity index is 1.60. The zero-order chi connectivity index (χ0) is 25.5. The van der Waals surface area contributed by atoms with Crippen molar-refractivity contribution in [3.8, 4) is 33.5 Å². The average Bonchev–Trinajstić information content (AvgIpc) is 3.37. The van der Waals surface area contributed by atoms with Crippen LogP contribution in [-0.2, 0) is 10.5 Å². The maximum Gasteiger partial charge on any atom is 0.236 e. The summed E-state index contributed by atoms with van der Waals surface area (Å²) in [6.45, 7) is 8.54. The van der Waals surface area contributed by atoms with Gasteiger partial charge in [-0.05, 0) is 29.8 Å². The number of rotatable bonds is 9. The van der Waals surface area contributed by atoms with Gasteiger partial charge in [0.2, 0.25) is 5.69 Å². The smallest absolute Gasteiger partial charge is 0.236 e. The summed E-state index contributed by atoms with van der Waals surface area (Å²) >= 11 is 8.88. The normalized spacial score (nSPS) is 10.6. The van der Waals surface area contributed by atoms with Crippen molar-refractivity contribution < 1.29 is 9.47 Å². The Hall–Kier alpha value is -3.60. The molecule has 180 valence electrons. The van der Waals surface area contributed by atoms with Gasteiger partial charge in [0.25, 0.3) is 0 Å². The monoisotopic (exact) mass is 533 g/mol. The molecule has 0 unspecified atom stereocenters. The molecule has 0 saturated carbocycles. The van der Waals surface area contributed by atoms with E-state index in [9.17, 15) is 5.26 Å². The highest BCUT2D eigenvalue weighted by Gasteiger charge is 2.21. The van der Waals surface area contributed by atoms with Crippen molar-refractivity contribution in [3.63, 3.8) is 0 Å². The second-order valence-corrected chi connectivity index (χ2v) is 9.69. The third kappa shape index (κ3) is 5.78. The number of nitrogen functional groups attached to an aromatic ring is 1. The van der Waals surface area contributed by atoms with Crippen LogP contribution in [0.4, 0.5) is 11.5 Å². The summed E-state index contributed by atoms with van der Waals surface area (Å²) in [4.78, 5) is 12.7. The number of nitrogens with zero attached hydrogens (tertiary/aromatic N) is 4. The fourth-order valence-corrected chi connectivity index (χ4v) is 5.32. The molecule has 36 heavy (non-hydrogen) atoms. The number of aromatic nitrogens is 2. The van der Waals surface area contributed by atoms with E-state index in [1.165, 1.54) is 23.1 Å². The van der Waals surface area contributed by atoms with Gasteiger partial charge in [-0.3, -0.25) is 0 Å². The zero-order valence-corrected chi connectivity index (χ0v) is 21.6. The number of hydrogen-bond donors (Lipinski definition) is 1. The minimum atomic E-state index is 0.0852. The molecular weight excluding hydrogens is 514 g/mol. The van der Waals surface area contributed by atoms with Crippen LogP contribution in [0.1, 0.15) is 11.3 Å². The van der Waals surface area contributed by atoms with Crippen molar-refractivity contribution in [2.45, 2.75) is 10.8 Å². The van der Waals surface area contributed by atoms with E-state index in [1.54, 1.807) is 31.4 Å². The standard InChI is InChI=1S/C26H20ClN5O2S2/c1-30-23-22(16-5-9-20(10-6-16)34-12-11-33-2)21(13-28)26(32-24(23)29)36-15-19-14-35-25(31-19)17-3-7-18(27)8-4-17/h3-10,14H,11-12,15H2,2H3,(H2,29,32). The molecule has 7 nitrogen and oxygen atoms in total. The van der Waals surface area contributed by atoms with Crippen molar-refractivity contribution in [2.24, 2.45) is 0 Å². The molecule has 10 heteroatoms. The molecule has 4 aromatic rings. The summed E-state index contributed by atoms with van der Waals surface area (Å²) in [7, 11) is 1.61. The molecule has 4 rings (SSSR count). The van der Waals surface area contributed by atoms with Gasteiger partial charge in [-0.2, -0.15) is 5.26 Å². The van der Waals surface area contributed by atoms with E-state index in [-0.39, 0.29) is 11.5 Å². The van der Waals surface area contributed by atoms with Gasteiger partial charge in [0.1, 0.15) is 34.3 Å². The Morgan fingerprint density at radius 2 is 1.83 bits per heavy atom. The molecule has 0 atom stereocenters. The summed E-state index contributed by atoms with van der Waals surface area (Å²) < 4.78 is 10.6. The predicted octanol–water partition coefficient (Wildman–Crippen LogP) is 6.85. The first-order valence-electron chi connectivity index (χ1n) is 10.7. The number of benzene rings is 2. The quantitative estimate of drug-likeness (QED) is 0.143. The number of ether oxygens (including phenoxy) is 2. The van der Waals surface area contributed by atoms with Crippen LogP contribution in [0.2, 0.25) is 5.02 Å². The van der Waals surface area contributed by atoms with Crippen LogP contribution in [0.5, 0.6) is 5.75 Å². The van der Waals surface area contributed by atoms with Gasteiger partial charge < -0.3 is 15.2 Å². The Labute approximate surface area is 222 Å². The van der Waals surface area contributed by atoms with Crippen LogP contribution in [0, 0.1) is 17.9 Å². The maximum atomic E-state index is 10.0. The van der Waals surface area contributed by atoms with Crippen LogP contribution < -0.4 is 10.5 Å². The first-order valence-corrected chi connectivity index (χ1v) is 12.9. The van der Waals surface area contributed by atoms with E-state index >= 15 is 0 Å². The number of pyridine rings is 1. The average molecular weight is 534 g/mol. The summed E-state index contributed by atoms with van der Waals surface area (Å²) in [5.74, 6) is 1.24.